The Kier molecular flexibility index (Phi) is 5.36. The topological polar surface area (TPSA) is 38.5 Å². The van der Waals surface area contributed by atoms with E-state index in [-0.39, 0.29) is 5.92 Å². The van der Waals surface area contributed by atoms with E-state index in [9.17, 15) is 0 Å². The molecule has 144 valence electrons. The molecule has 2 aromatic carbocycles. The summed E-state index contributed by atoms with van der Waals surface area (Å²) in [4.78, 5) is 2.45. The first-order chi connectivity index (χ1) is 13.7. The van der Waals surface area contributed by atoms with Gasteiger partial charge in [-0.05, 0) is 60.9 Å². The van der Waals surface area contributed by atoms with Crippen molar-refractivity contribution in [2.75, 3.05) is 20.7 Å². The first-order valence-electron chi connectivity index (χ1n) is 9.97. The van der Waals surface area contributed by atoms with Crippen LogP contribution in [0.25, 0.3) is 5.57 Å². The van der Waals surface area contributed by atoms with Crippen LogP contribution in [0.5, 0.6) is 0 Å². The third-order valence-corrected chi connectivity index (χ3v) is 5.95. The zero-order valence-corrected chi connectivity index (χ0v) is 16.6. The van der Waals surface area contributed by atoms with Crippen LogP contribution in [0.3, 0.4) is 0 Å². The predicted molar refractivity (Wildman–Crippen MR) is 115 cm³/mol. The maximum absolute atomic E-state index is 6.66. The molecule has 0 amide bonds. The minimum Gasteiger partial charge on any atom is -0.500 e. The summed E-state index contributed by atoms with van der Waals surface area (Å²) in [5, 5.41) is 0. The standard InChI is InChI=1S/C25H28N2O/c1-27-17-9-14-21(27)25-22(28-2)16-15-20(26)24(25)23(18-10-5-3-6-11-18)19-12-7-4-8-13-19/h3-8,10-13,15-16,21,25H,9,14,17,26H2,1-2H3. The lowest BCUT2D eigenvalue weighted by Crippen LogP contribution is -2.37. The van der Waals surface area contributed by atoms with Crippen LogP contribution >= 0.6 is 0 Å². The average Bonchev–Trinajstić information content (AvgIpc) is 3.16. The second kappa shape index (κ2) is 8.07. The predicted octanol–water partition coefficient (Wildman–Crippen LogP) is 4.59. The van der Waals surface area contributed by atoms with Gasteiger partial charge in [0.1, 0.15) is 5.76 Å². The minimum atomic E-state index is 0.123. The summed E-state index contributed by atoms with van der Waals surface area (Å²) in [6.45, 7) is 1.11. The largest absolute Gasteiger partial charge is 0.500 e. The molecular weight excluding hydrogens is 344 g/mol. The van der Waals surface area contributed by atoms with Gasteiger partial charge in [-0.3, -0.25) is 0 Å². The van der Waals surface area contributed by atoms with Crippen LogP contribution in [-0.4, -0.2) is 31.6 Å². The average molecular weight is 373 g/mol. The molecule has 0 spiro atoms. The van der Waals surface area contributed by atoms with E-state index < -0.39 is 0 Å². The van der Waals surface area contributed by atoms with Gasteiger partial charge in [0, 0.05) is 11.7 Å². The number of nitrogens with zero attached hydrogens (tertiary/aromatic N) is 1. The number of allylic oxidation sites excluding steroid dienone is 3. The van der Waals surface area contributed by atoms with Crippen LogP contribution in [-0.2, 0) is 4.74 Å². The monoisotopic (exact) mass is 372 g/mol. The van der Waals surface area contributed by atoms with Gasteiger partial charge >= 0.3 is 0 Å². The fraction of sp³-hybridized carbons (Fsp3) is 0.280. The molecule has 28 heavy (non-hydrogen) atoms. The quantitative estimate of drug-likeness (QED) is 0.853. The third kappa shape index (κ3) is 3.38. The number of hydrogen-bond acceptors (Lipinski definition) is 3. The Balaban J connectivity index is 1.98. The van der Waals surface area contributed by atoms with Gasteiger partial charge in [-0.2, -0.15) is 0 Å². The molecule has 1 aliphatic carbocycles. The van der Waals surface area contributed by atoms with E-state index in [4.69, 9.17) is 10.5 Å². The molecule has 0 aromatic heterocycles. The Morgan fingerprint density at radius 1 is 0.964 bits per heavy atom. The van der Waals surface area contributed by atoms with E-state index in [1.165, 1.54) is 28.7 Å². The molecule has 1 heterocycles. The van der Waals surface area contributed by atoms with E-state index in [1.807, 2.05) is 12.2 Å². The molecule has 2 aliphatic rings. The van der Waals surface area contributed by atoms with Crippen molar-refractivity contribution in [3.05, 3.63) is 101 Å². The van der Waals surface area contributed by atoms with Gasteiger partial charge in [0.25, 0.3) is 0 Å². The van der Waals surface area contributed by atoms with Gasteiger partial charge in [-0.1, -0.05) is 60.7 Å². The number of methoxy groups -OCH3 is 1. The van der Waals surface area contributed by atoms with E-state index in [1.54, 1.807) is 7.11 Å². The van der Waals surface area contributed by atoms with Crippen LogP contribution < -0.4 is 5.73 Å². The Labute approximate surface area is 167 Å². The molecule has 3 heteroatoms. The van der Waals surface area contributed by atoms with Crippen molar-refractivity contribution in [1.82, 2.24) is 4.90 Å². The van der Waals surface area contributed by atoms with Gasteiger partial charge in [-0.25, -0.2) is 0 Å². The maximum atomic E-state index is 6.66. The fourth-order valence-corrected chi connectivity index (χ4v) is 4.61. The van der Waals surface area contributed by atoms with E-state index in [2.05, 4.69) is 72.6 Å². The van der Waals surface area contributed by atoms with Crippen LogP contribution in [0, 0.1) is 5.92 Å². The number of likely N-dealkylation sites (tertiary alicyclic amines) is 1. The smallest absolute Gasteiger partial charge is 0.105 e. The van der Waals surface area contributed by atoms with Crippen molar-refractivity contribution >= 4 is 5.57 Å². The Morgan fingerprint density at radius 3 is 2.07 bits per heavy atom. The SMILES string of the molecule is COC1=CC=C(N)C(=C(c2ccccc2)c2ccccc2)C1C1CCCN1C. The Hall–Kier alpha value is -2.78. The van der Waals surface area contributed by atoms with Crippen molar-refractivity contribution in [3.8, 4) is 0 Å². The molecule has 1 fully saturated rings. The van der Waals surface area contributed by atoms with Gasteiger partial charge in [0.2, 0.25) is 0 Å². The number of hydrogen-bond donors (Lipinski definition) is 1. The minimum absolute atomic E-state index is 0.123. The zero-order valence-electron chi connectivity index (χ0n) is 16.6. The molecular formula is C25H28N2O. The second-order valence-electron chi connectivity index (χ2n) is 7.58. The highest BCUT2D eigenvalue weighted by Crippen LogP contribution is 2.43. The van der Waals surface area contributed by atoms with Gasteiger partial charge in [0.05, 0.1) is 13.0 Å². The molecule has 2 aromatic rings. The molecule has 2 unspecified atom stereocenters. The molecule has 0 bridgehead atoms. The Bertz CT molecular complexity index is 871. The number of ether oxygens (including phenoxy) is 1. The normalized spacial score (nSPS) is 22.6. The maximum Gasteiger partial charge on any atom is 0.105 e. The lowest BCUT2D eigenvalue weighted by molar-refractivity contribution is 0.189. The van der Waals surface area contributed by atoms with Crippen LogP contribution in [0.15, 0.2) is 89.8 Å². The summed E-state index contributed by atoms with van der Waals surface area (Å²) in [6, 6.07) is 21.5. The summed E-state index contributed by atoms with van der Waals surface area (Å²) in [5.41, 5.74) is 12.2. The highest BCUT2D eigenvalue weighted by molar-refractivity contribution is 5.85. The highest BCUT2D eigenvalue weighted by Gasteiger charge is 2.38. The molecule has 1 saturated heterocycles. The van der Waals surface area contributed by atoms with Crippen LogP contribution in [0.1, 0.15) is 24.0 Å². The highest BCUT2D eigenvalue weighted by atomic mass is 16.5. The lowest BCUT2D eigenvalue weighted by atomic mass is 9.77. The van der Waals surface area contributed by atoms with Crippen molar-refractivity contribution in [2.24, 2.45) is 11.7 Å². The molecule has 2 atom stereocenters. The van der Waals surface area contributed by atoms with Crippen molar-refractivity contribution in [3.63, 3.8) is 0 Å². The van der Waals surface area contributed by atoms with Crippen molar-refractivity contribution in [1.29, 1.82) is 0 Å². The molecule has 1 aliphatic heterocycles. The van der Waals surface area contributed by atoms with Gasteiger partial charge in [0.15, 0.2) is 0 Å². The first kappa shape index (κ1) is 18.6. The summed E-state index contributed by atoms with van der Waals surface area (Å²) < 4.78 is 5.87. The molecule has 2 N–H and O–H groups in total. The fourth-order valence-electron chi connectivity index (χ4n) is 4.61. The number of rotatable bonds is 4. The van der Waals surface area contributed by atoms with Crippen LogP contribution in [0.2, 0.25) is 0 Å². The Morgan fingerprint density at radius 2 is 1.57 bits per heavy atom. The van der Waals surface area contributed by atoms with Gasteiger partial charge in [-0.15, -0.1) is 0 Å². The molecule has 3 nitrogen and oxygen atoms in total. The van der Waals surface area contributed by atoms with Gasteiger partial charge < -0.3 is 15.4 Å². The molecule has 0 saturated carbocycles. The van der Waals surface area contributed by atoms with Crippen LogP contribution in [0.4, 0.5) is 0 Å². The number of nitrogens with two attached hydrogens (primary N) is 1. The number of benzene rings is 2. The summed E-state index contributed by atoms with van der Waals surface area (Å²) in [6.07, 6.45) is 6.39. The molecule has 4 rings (SSSR count). The molecule has 0 radical (unpaired) electrons. The lowest BCUT2D eigenvalue weighted by Gasteiger charge is -2.35. The second-order valence-corrected chi connectivity index (χ2v) is 7.58. The zero-order chi connectivity index (χ0) is 19.5. The van der Waals surface area contributed by atoms with Crippen molar-refractivity contribution < 1.29 is 4.74 Å². The third-order valence-electron chi connectivity index (χ3n) is 5.95. The van der Waals surface area contributed by atoms with E-state index in [0.29, 0.717) is 6.04 Å². The first-order valence-corrected chi connectivity index (χ1v) is 9.97. The van der Waals surface area contributed by atoms with E-state index in [0.717, 1.165) is 24.4 Å². The summed E-state index contributed by atoms with van der Waals surface area (Å²) in [5.74, 6) is 1.12. The summed E-state index contributed by atoms with van der Waals surface area (Å²) in [7, 11) is 3.98. The van der Waals surface area contributed by atoms with Crippen molar-refractivity contribution in [2.45, 2.75) is 18.9 Å². The summed E-state index contributed by atoms with van der Waals surface area (Å²) >= 11 is 0. The van der Waals surface area contributed by atoms with E-state index >= 15 is 0 Å².